The third-order valence-corrected chi connectivity index (χ3v) is 5.33. The summed E-state index contributed by atoms with van der Waals surface area (Å²) < 4.78 is 0. The monoisotopic (exact) mass is 305 g/mol. The minimum atomic E-state index is 0.0764. The average Bonchev–Trinajstić information content (AvgIpc) is 2.83. The van der Waals surface area contributed by atoms with Crippen molar-refractivity contribution in [2.45, 2.75) is 33.6 Å². The normalized spacial score (nSPS) is 21.8. The van der Waals surface area contributed by atoms with E-state index in [4.69, 9.17) is 5.11 Å². The largest absolute Gasteiger partial charge is 0.395 e. The first-order valence-electron chi connectivity index (χ1n) is 7.52. The zero-order valence-corrected chi connectivity index (χ0v) is 13.8. The van der Waals surface area contributed by atoms with Gasteiger partial charge in [-0.3, -0.25) is 4.79 Å². The number of aliphatic hydroxyl groups is 1. The van der Waals surface area contributed by atoms with Crippen LogP contribution in [0.25, 0.3) is 0 Å². The molecule has 1 aromatic heterocycles. The summed E-state index contributed by atoms with van der Waals surface area (Å²) in [6.45, 7) is 8.24. The summed E-state index contributed by atoms with van der Waals surface area (Å²) in [5.41, 5.74) is 1.05. The number of piperidine rings is 1. The van der Waals surface area contributed by atoms with E-state index >= 15 is 0 Å². The fraction of sp³-hybridized carbons (Fsp3) is 0.588. The molecule has 1 aliphatic rings. The molecule has 1 saturated heterocycles. The van der Waals surface area contributed by atoms with E-state index in [-0.39, 0.29) is 12.5 Å². The molecule has 1 N–H and O–H groups in total. The first-order valence-corrected chi connectivity index (χ1v) is 8.34. The lowest BCUT2D eigenvalue weighted by molar-refractivity contribution is 0.0632. The number of carbonyl (C=O) groups excluding carboxylic acids is 1. The number of aliphatic hydroxyl groups excluding tert-OH is 1. The Hall–Kier alpha value is -1.31. The lowest BCUT2D eigenvalue weighted by atomic mass is 9.88. The van der Waals surface area contributed by atoms with E-state index < -0.39 is 0 Å². The second-order valence-electron chi connectivity index (χ2n) is 5.89. The highest BCUT2D eigenvalue weighted by atomic mass is 32.1. The summed E-state index contributed by atoms with van der Waals surface area (Å²) in [6.07, 6.45) is 1.56. The molecule has 0 aliphatic carbocycles. The quantitative estimate of drug-likeness (QED) is 0.854. The maximum absolute atomic E-state index is 12.6. The topological polar surface area (TPSA) is 40.5 Å². The predicted molar refractivity (Wildman–Crippen MR) is 86.5 cm³/mol. The van der Waals surface area contributed by atoms with Crippen molar-refractivity contribution in [3.63, 3.8) is 0 Å². The molecule has 0 saturated carbocycles. The Labute approximate surface area is 131 Å². The SMILES string of the molecule is Cc1cc(C(=O)N2CCC(C)C(C)C2)sc1C#CCCO. The van der Waals surface area contributed by atoms with Crippen LogP contribution in [0, 0.1) is 30.6 Å². The lowest BCUT2D eigenvalue weighted by Crippen LogP contribution is -2.41. The van der Waals surface area contributed by atoms with Crippen molar-refractivity contribution in [3.05, 3.63) is 21.4 Å². The molecule has 0 spiro atoms. The Kier molecular flexibility index (Phi) is 5.44. The second-order valence-corrected chi connectivity index (χ2v) is 6.94. The zero-order chi connectivity index (χ0) is 15.4. The van der Waals surface area contributed by atoms with Crippen molar-refractivity contribution in [1.82, 2.24) is 4.90 Å². The number of aryl methyl sites for hydroxylation is 1. The van der Waals surface area contributed by atoms with Crippen LogP contribution in [-0.4, -0.2) is 35.6 Å². The van der Waals surface area contributed by atoms with E-state index in [9.17, 15) is 4.79 Å². The fourth-order valence-corrected chi connectivity index (χ4v) is 3.53. The van der Waals surface area contributed by atoms with Crippen LogP contribution < -0.4 is 0 Å². The number of hydrogen-bond acceptors (Lipinski definition) is 3. The van der Waals surface area contributed by atoms with Gasteiger partial charge in [-0.05, 0) is 36.8 Å². The van der Waals surface area contributed by atoms with Crippen LogP contribution in [0.5, 0.6) is 0 Å². The Bertz CT molecular complexity index is 567. The second kappa shape index (κ2) is 7.11. The molecule has 21 heavy (non-hydrogen) atoms. The first kappa shape index (κ1) is 16.1. The number of likely N-dealkylation sites (tertiary alicyclic amines) is 1. The summed E-state index contributed by atoms with van der Waals surface area (Å²) in [5.74, 6) is 7.36. The molecular weight excluding hydrogens is 282 g/mol. The fourth-order valence-electron chi connectivity index (χ4n) is 2.51. The van der Waals surface area contributed by atoms with Crippen LogP contribution in [0.4, 0.5) is 0 Å². The molecule has 4 heteroatoms. The molecular formula is C17H23NO2S. The van der Waals surface area contributed by atoms with Crippen LogP contribution >= 0.6 is 11.3 Å². The minimum absolute atomic E-state index is 0.0764. The molecule has 114 valence electrons. The molecule has 1 fully saturated rings. The molecule has 2 unspecified atom stereocenters. The van der Waals surface area contributed by atoms with E-state index in [0.29, 0.717) is 18.3 Å². The zero-order valence-electron chi connectivity index (χ0n) is 13.0. The van der Waals surface area contributed by atoms with E-state index in [2.05, 4.69) is 25.7 Å². The van der Waals surface area contributed by atoms with Crippen molar-refractivity contribution in [2.75, 3.05) is 19.7 Å². The number of thiophene rings is 1. The first-order chi connectivity index (χ1) is 10.0. The number of amides is 1. The minimum Gasteiger partial charge on any atom is -0.395 e. The van der Waals surface area contributed by atoms with Crippen molar-refractivity contribution in [1.29, 1.82) is 0 Å². The predicted octanol–water partition coefficient (Wildman–Crippen LogP) is 2.91. The molecule has 2 rings (SSSR count). The van der Waals surface area contributed by atoms with Crippen molar-refractivity contribution in [3.8, 4) is 11.8 Å². The summed E-state index contributed by atoms with van der Waals surface area (Å²) >= 11 is 1.47. The number of rotatable bonds is 2. The molecule has 1 amide bonds. The Morgan fingerprint density at radius 2 is 2.24 bits per heavy atom. The van der Waals surface area contributed by atoms with Gasteiger partial charge in [0.2, 0.25) is 0 Å². The lowest BCUT2D eigenvalue weighted by Gasteiger charge is -2.35. The van der Waals surface area contributed by atoms with E-state index in [1.54, 1.807) is 0 Å². The van der Waals surface area contributed by atoms with Gasteiger partial charge in [0, 0.05) is 19.5 Å². The Morgan fingerprint density at radius 3 is 2.90 bits per heavy atom. The van der Waals surface area contributed by atoms with E-state index in [1.807, 2.05) is 17.9 Å². The molecule has 0 radical (unpaired) electrons. The van der Waals surface area contributed by atoms with Gasteiger partial charge in [0.05, 0.1) is 16.4 Å². The highest BCUT2D eigenvalue weighted by Crippen LogP contribution is 2.27. The molecule has 3 nitrogen and oxygen atoms in total. The van der Waals surface area contributed by atoms with Gasteiger partial charge < -0.3 is 10.0 Å². The van der Waals surface area contributed by atoms with E-state index in [0.717, 1.165) is 34.8 Å². The maximum Gasteiger partial charge on any atom is 0.263 e. The van der Waals surface area contributed by atoms with Crippen LogP contribution in [0.2, 0.25) is 0 Å². The van der Waals surface area contributed by atoms with Crippen molar-refractivity contribution in [2.24, 2.45) is 11.8 Å². The highest BCUT2D eigenvalue weighted by Gasteiger charge is 2.27. The molecule has 0 bridgehead atoms. The van der Waals surface area contributed by atoms with Gasteiger partial charge in [-0.25, -0.2) is 0 Å². The van der Waals surface area contributed by atoms with Crippen molar-refractivity contribution >= 4 is 17.2 Å². The standard InChI is InChI=1S/C17H23NO2S/c1-12-7-8-18(11-14(12)3)17(20)16-10-13(2)15(21-16)6-4-5-9-19/h10,12,14,19H,5,7-9,11H2,1-3H3. The maximum atomic E-state index is 12.6. The van der Waals surface area contributed by atoms with Gasteiger partial charge in [0.25, 0.3) is 5.91 Å². The van der Waals surface area contributed by atoms with Gasteiger partial charge in [-0.15, -0.1) is 11.3 Å². The molecule has 2 heterocycles. The smallest absolute Gasteiger partial charge is 0.263 e. The average molecular weight is 305 g/mol. The summed E-state index contributed by atoms with van der Waals surface area (Å²) in [4.78, 5) is 16.3. The van der Waals surface area contributed by atoms with Gasteiger partial charge in [-0.1, -0.05) is 25.7 Å². The van der Waals surface area contributed by atoms with Gasteiger partial charge >= 0.3 is 0 Å². The molecule has 1 aliphatic heterocycles. The number of carbonyl (C=O) groups is 1. The van der Waals surface area contributed by atoms with Gasteiger partial charge in [-0.2, -0.15) is 0 Å². The molecule has 1 aromatic rings. The summed E-state index contributed by atoms with van der Waals surface area (Å²) in [6, 6.07) is 1.94. The van der Waals surface area contributed by atoms with Crippen LogP contribution in [0.1, 0.15) is 46.8 Å². The third-order valence-electron chi connectivity index (χ3n) is 4.19. The van der Waals surface area contributed by atoms with Crippen LogP contribution in [0.15, 0.2) is 6.07 Å². The Morgan fingerprint density at radius 1 is 1.48 bits per heavy atom. The number of nitrogens with zero attached hydrogens (tertiary/aromatic N) is 1. The van der Waals surface area contributed by atoms with Crippen LogP contribution in [0.3, 0.4) is 0 Å². The number of hydrogen-bond donors (Lipinski definition) is 1. The van der Waals surface area contributed by atoms with Gasteiger partial charge in [0.15, 0.2) is 0 Å². The van der Waals surface area contributed by atoms with E-state index in [1.165, 1.54) is 11.3 Å². The summed E-state index contributed by atoms with van der Waals surface area (Å²) in [5, 5.41) is 8.76. The summed E-state index contributed by atoms with van der Waals surface area (Å²) in [7, 11) is 0. The highest BCUT2D eigenvalue weighted by molar-refractivity contribution is 7.14. The third kappa shape index (κ3) is 3.87. The van der Waals surface area contributed by atoms with Gasteiger partial charge in [0.1, 0.15) is 0 Å². The molecule has 0 aromatic carbocycles. The molecule has 2 atom stereocenters. The van der Waals surface area contributed by atoms with Crippen molar-refractivity contribution < 1.29 is 9.90 Å². The Balaban J connectivity index is 2.10. The van der Waals surface area contributed by atoms with Crippen LogP contribution in [-0.2, 0) is 0 Å².